The fraction of sp³-hybridized carbons (Fsp3) is 0.444. The van der Waals surface area contributed by atoms with Gasteiger partial charge < -0.3 is 14.2 Å². The Labute approximate surface area is 147 Å². The Morgan fingerprint density at radius 2 is 2.25 bits per heavy atom. The summed E-state index contributed by atoms with van der Waals surface area (Å²) in [6.07, 6.45) is 5.55. The Balaban J connectivity index is 1.72. The van der Waals surface area contributed by atoms with Gasteiger partial charge in [0.15, 0.2) is 6.61 Å². The van der Waals surface area contributed by atoms with Crippen LogP contribution in [0.1, 0.15) is 37.2 Å². The summed E-state index contributed by atoms with van der Waals surface area (Å²) in [6.45, 7) is 5.65. The van der Waals surface area contributed by atoms with Crippen LogP contribution in [0.5, 0.6) is 5.75 Å². The lowest BCUT2D eigenvalue weighted by molar-refractivity contribution is -0.136. The number of carbonyl (C=O) groups excluding carboxylic acids is 1. The van der Waals surface area contributed by atoms with E-state index in [-0.39, 0.29) is 18.6 Å². The van der Waals surface area contributed by atoms with Gasteiger partial charge in [0.2, 0.25) is 0 Å². The molecule has 1 atom stereocenters. The van der Waals surface area contributed by atoms with Gasteiger partial charge in [0.1, 0.15) is 11.6 Å². The van der Waals surface area contributed by atoms with Gasteiger partial charge in [-0.15, -0.1) is 0 Å². The van der Waals surface area contributed by atoms with E-state index < -0.39 is 0 Å². The predicted molar refractivity (Wildman–Crippen MR) is 93.3 cm³/mol. The van der Waals surface area contributed by atoms with Crippen LogP contribution in [0.15, 0.2) is 30.6 Å². The second-order valence-corrected chi connectivity index (χ2v) is 6.48. The fourth-order valence-electron chi connectivity index (χ4n) is 3.21. The standard InChI is InChI=1S/C18H22ClN3O2/c1-3-15-18-20-7-10-21(18)8-4-9-22(15)17(23)12-24-16-6-5-14(19)11-13(16)2/h5-7,10-11,15H,3-4,8-9,12H2,1-2H3. The molecule has 1 aromatic heterocycles. The van der Waals surface area contributed by atoms with Gasteiger partial charge in [0.05, 0.1) is 6.04 Å². The molecule has 0 N–H and O–H groups in total. The molecule has 128 valence electrons. The summed E-state index contributed by atoms with van der Waals surface area (Å²) in [4.78, 5) is 19.1. The van der Waals surface area contributed by atoms with Crippen molar-refractivity contribution in [3.05, 3.63) is 47.0 Å². The molecule has 2 heterocycles. The Morgan fingerprint density at radius 3 is 3.00 bits per heavy atom. The molecule has 1 amide bonds. The van der Waals surface area contributed by atoms with Crippen LogP contribution in [0, 0.1) is 6.92 Å². The largest absolute Gasteiger partial charge is 0.483 e. The summed E-state index contributed by atoms with van der Waals surface area (Å²) < 4.78 is 7.88. The summed E-state index contributed by atoms with van der Waals surface area (Å²) in [5.74, 6) is 1.65. The molecule has 0 spiro atoms. The highest BCUT2D eigenvalue weighted by atomic mass is 35.5. The Hall–Kier alpha value is -2.01. The lowest BCUT2D eigenvalue weighted by Crippen LogP contribution is -2.38. The molecular weight excluding hydrogens is 326 g/mol. The number of nitrogens with zero attached hydrogens (tertiary/aromatic N) is 3. The first-order valence-corrected chi connectivity index (χ1v) is 8.67. The normalized spacial score (nSPS) is 17.3. The van der Waals surface area contributed by atoms with E-state index in [1.807, 2.05) is 24.1 Å². The van der Waals surface area contributed by atoms with Crippen LogP contribution in [0.3, 0.4) is 0 Å². The van der Waals surface area contributed by atoms with Crippen LogP contribution < -0.4 is 4.74 Å². The molecule has 0 saturated carbocycles. The first kappa shape index (κ1) is 16.8. The van der Waals surface area contributed by atoms with E-state index in [2.05, 4.69) is 16.5 Å². The van der Waals surface area contributed by atoms with Crippen LogP contribution >= 0.6 is 11.6 Å². The Kier molecular flexibility index (Phi) is 5.09. The molecule has 6 heteroatoms. The molecule has 5 nitrogen and oxygen atoms in total. The number of ether oxygens (including phenoxy) is 1. The summed E-state index contributed by atoms with van der Waals surface area (Å²) in [5, 5.41) is 0.663. The number of hydrogen-bond donors (Lipinski definition) is 0. The van der Waals surface area contributed by atoms with Crippen LogP contribution in [0.25, 0.3) is 0 Å². The lowest BCUT2D eigenvalue weighted by Gasteiger charge is -2.28. The maximum absolute atomic E-state index is 12.7. The zero-order valence-electron chi connectivity index (χ0n) is 14.0. The van der Waals surface area contributed by atoms with Gasteiger partial charge in [-0.2, -0.15) is 0 Å². The average Bonchev–Trinajstić information content (AvgIpc) is 2.94. The molecule has 2 aromatic rings. The SMILES string of the molecule is CCC1c2nccn2CCCN1C(=O)COc1ccc(Cl)cc1C. The van der Waals surface area contributed by atoms with Crippen molar-refractivity contribution in [1.82, 2.24) is 14.5 Å². The number of carbonyl (C=O) groups is 1. The van der Waals surface area contributed by atoms with Gasteiger partial charge in [-0.25, -0.2) is 4.98 Å². The molecule has 1 aliphatic heterocycles. The average molecular weight is 348 g/mol. The number of imidazole rings is 1. The van der Waals surface area contributed by atoms with Crippen molar-refractivity contribution >= 4 is 17.5 Å². The highest BCUT2D eigenvalue weighted by molar-refractivity contribution is 6.30. The van der Waals surface area contributed by atoms with Crippen molar-refractivity contribution in [2.24, 2.45) is 0 Å². The highest BCUT2D eigenvalue weighted by Gasteiger charge is 2.29. The van der Waals surface area contributed by atoms with Gasteiger partial charge in [0.25, 0.3) is 5.91 Å². The number of aromatic nitrogens is 2. The fourth-order valence-corrected chi connectivity index (χ4v) is 3.44. The van der Waals surface area contributed by atoms with Crippen molar-refractivity contribution in [1.29, 1.82) is 0 Å². The molecule has 24 heavy (non-hydrogen) atoms. The van der Waals surface area contributed by atoms with E-state index in [0.29, 0.717) is 10.8 Å². The molecule has 0 fully saturated rings. The van der Waals surface area contributed by atoms with Crippen molar-refractivity contribution in [2.75, 3.05) is 13.2 Å². The quantitative estimate of drug-likeness (QED) is 0.848. The number of halogens is 1. The first-order chi connectivity index (χ1) is 11.6. The van der Waals surface area contributed by atoms with Crippen molar-refractivity contribution in [3.8, 4) is 5.75 Å². The minimum absolute atomic E-state index is 0.00455. The molecule has 1 aromatic carbocycles. The van der Waals surface area contributed by atoms with Crippen LogP contribution in [-0.2, 0) is 11.3 Å². The Morgan fingerprint density at radius 1 is 1.42 bits per heavy atom. The van der Waals surface area contributed by atoms with Gasteiger partial charge in [-0.05, 0) is 43.5 Å². The molecule has 0 saturated heterocycles. The smallest absolute Gasteiger partial charge is 0.261 e. The highest BCUT2D eigenvalue weighted by Crippen LogP contribution is 2.27. The number of rotatable bonds is 4. The van der Waals surface area contributed by atoms with Gasteiger partial charge in [-0.1, -0.05) is 18.5 Å². The van der Waals surface area contributed by atoms with E-state index >= 15 is 0 Å². The molecule has 1 aliphatic rings. The third-order valence-electron chi connectivity index (χ3n) is 4.42. The summed E-state index contributed by atoms with van der Waals surface area (Å²) in [6, 6.07) is 5.41. The summed E-state index contributed by atoms with van der Waals surface area (Å²) >= 11 is 5.95. The van der Waals surface area contributed by atoms with E-state index in [1.165, 1.54) is 0 Å². The third kappa shape index (κ3) is 3.41. The Bertz CT molecular complexity index is 729. The van der Waals surface area contributed by atoms with Gasteiger partial charge in [0, 0.05) is 30.5 Å². The topological polar surface area (TPSA) is 47.4 Å². The number of hydrogen-bond acceptors (Lipinski definition) is 3. The van der Waals surface area contributed by atoms with Gasteiger partial charge in [-0.3, -0.25) is 4.79 Å². The molecule has 0 aliphatic carbocycles. The molecule has 1 unspecified atom stereocenters. The summed E-state index contributed by atoms with van der Waals surface area (Å²) in [7, 11) is 0. The second kappa shape index (κ2) is 7.26. The van der Waals surface area contributed by atoms with E-state index in [4.69, 9.17) is 16.3 Å². The van der Waals surface area contributed by atoms with Crippen LogP contribution in [0.2, 0.25) is 5.02 Å². The number of fused-ring (bicyclic) bond motifs is 1. The number of benzene rings is 1. The third-order valence-corrected chi connectivity index (χ3v) is 4.65. The summed E-state index contributed by atoms with van der Waals surface area (Å²) in [5.41, 5.74) is 0.925. The van der Waals surface area contributed by atoms with Crippen molar-refractivity contribution in [2.45, 2.75) is 39.3 Å². The maximum atomic E-state index is 12.7. The first-order valence-electron chi connectivity index (χ1n) is 8.29. The minimum Gasteiger partial charge on any atom is -0.483 e. The zero-order chi connectivity index (χ0) is 17.1. The van der Waals surface area contributed by atoms with Crippen molar-refractivity contribution < 1.29 is 9.53 Å². The van der Waals surface area contributed by atoms with Crippen LogP contribution in [0.4, 0.5) is 0 Å². The van der Waals surface area contributed by atoms with Gasteiger partial charge >= 0.3 is 0 Å². The van der Waals surface area contributed by atoms with E-state index in [9.17, 15) is 4.79 Å². The molecule has 0 bridgehead atoms. The number of aryl methyl sites for hydroxylation is 2. The van der Waals surface area contributed by atoms with Crippen molar-refractivity contribution in [3.63, 3.8) is 0 Å². The predicted octanol–water partition coefficient (Wildman–Crippen LogP) is 3.61. The van der Waals surface area contributed by atoms with E-state index in [1.54, 1.807) is 18.3 Å². The number of amides is 1. The van der Waals surface area contributed by atoms with E-state index in [0.717, 1.165) is 37.3 Å². The minimum atomic E-state index is -0.00681. The molecule has 3 rings (SSSR count). The zero-order valence-corrected chi connectivity index (χ0v) is 14.8. The molecular formula is C18H22ClN3O2. The lowest BCUT2D eigenvalue weighted by atomic mass is 10.1. The molecule has 0 radical (unpaired) electrons. The maximum Gasteiger partial charge on any atom is 0.261 e. The monoisotopic (exact) mass is 347 g/mol. The van der Waals surface area contributed by atoms with Crippen LogP contribution in [-0.4, -0.2) is 33.5 Å². The second-order valence-electron chi connectivity index (χ2n) is 6.04.